The van der Waals surface area contributed by atoms with E-state index in [1.807, 2.05) is 45.9 Å². The van der Waals surface area contributed by atoms with Crippen molar-refractivity contribution in [2.45, 2.75) is 39.3 Å². The number of benzene rings is 1. The van der Waals surface area contributed by atoms with Crippen LogP contribution in [0.15, 0.2) is 22.7 Å². The molecule has 1 aliphatic rings. The van der Waals surface area contributed by atoms with Gasteiger partial charge in [-0.1, -0.05) is 15.9 Å². The van der Waals surface area contributed by atoms with Crippen molar-refractivity contribution in [3.05, 3.63) is 26.2 Å². The lowest BCUT2D eigenvalue weighted by Gasteiger charge is -2.40. The SMILES string of the molecule is C[C@H]1CN(C(=O)COc2cc(Br)cc(I)c2)CCN1C(=O)OC(C)(C)C. The smallest absolute Gasteiger partial charge is 0.410 e. The van der Waals surface area contributed by atoms with E-state index in [0.717, 1.165) is 8.04 Å². The first-order valence-electron chi connectivity index (χ1n) is 8.41. The van der Waals surface area contributed by atoms with Crippen molar-refractivity contribution >= 4 is 50.5 Å². The first-order chi connectivity index (χ1) is 12.0. The Kier molecular flexibility index (Phi) is 7.18. The predicted molar refractivity (Wildman–Crippen MR) is 111 cm³/mol. The van der Waals surface area contributed by atoms with Gasteiger partial charge in [0.25, 0.3) is 5.91 Å². The molecule has 26 heavy (non-hydrogen) atoms. The zero-order chi connectivity index (χ0) is 19.5. The van der Waals surface area contributed by atoms with Gasteiger partial charge in [-0.05, 0) is 68.5 Å². The van der Waals surface area contributed by atoms with Gasteiger partial charge >= 0.3 is 6.09 Å². The molecule has 0 N–H and O–H groups in total. The summed E-state index contributed by atoms with van der Waals surface area (Å²) in [5.74, 6) is 0.563. The quantitative estimate of drug-likeness (QED) is 0.548. The zero-order valence-electron chi connectivity index (χ0n) is 15.4. The fourth-order valence-electron chi connectivity index (χ4n) is 2.62. The van der Waals surface area contributed by atoms with Crippen molar-refractivity contribution in [3.8, 4) is 5.75 Å². The van der Waals surface area contributed by atoms with Crippen molar-refractivity contribution in [3.63, 3.8) is 0 Å². The maximum atomic E-state index is 12.4. The molecule has 0 aliphatic carbocycles. The van der Waals surface area contributed by atoms with Crippen molar-refractivity contribution in [2.24, 2.45) is 0 Å². The summed E-state index contributed by atoms with van der Waals surface area (Å²) < 4.78 is 13.0. The van der Waals surface area contributed by atoms with Crippen LogP contribution in [0.4, 0.5) is 4.79 Å². The minimum absolute atomic E-state index is 0.0221. The molecule has 144 valence electrons. The van der Waals surface area contributed by atoms with Gasteiger partial charge in [-0.25, -0.2) is 4.79 Å². The van der Waals surface area contributed by atoms with E-state index in [1.54, 1.807) is 9.80 Å². The normalized spacial score (nSPS) is 17.8. The van der Waals surface area contributed by atoms with E-state index in [4.69, 9.17) is 9.47 Å². The van der Waals surface area contributed by atoms with E-state index in [0.29, 0.717) is 25.4 Å². The molecule has 0 bridgehead atoms. The van der Waals surface area contributed by atoms with Crippen molar-refractivity contribution in [1.82, 2.24) is 9.80 Å². The van der Waals surface area contributed by atoms with Crippen LogP contribution in [-0.2, 0) is 9.53 Å². The molecule has 2 amide bonds. The molecule has 1 aromatic carbocycles. The minimum Gasteiger partial charge on any atom is -0.484 e. The Morgan fingerprint density at radius 1 is 1.27 bits per heavy atom. The first kappa shape index (κ1) is 21.3. The van der Waals surface area contributed by atoms with Crippen LogP contribution in [0, 0.1) is 3.57 Å². The van der Waals surface area contributed by atoms with Gasteiger partial charge in [0.1, 0.15) is 11.4 Å². The first-order valence-corrected chi connectivity index (χ1v) is 10.3. The second-order valence-electron chi connectivity index (χ2n) is 7.26. The molecule has 0 unspecified atom stereocenters. The van der Waals surface area contributed by atoms with Crippen LogP contribution in [0.1, 0.15) is 27.7 Å². The van der Waals surface area contributed by atoms with Crippen LogP contribution < -0.4 is 4.74 Å². The van der Waals surface area contributed by atoms with E-state index in [-0.39, 0.29) is 24.6 Å². The van der Waals surface area contributed by atoms with Gasteiger partial charge in [0.15, 0.2) is 6.61 Å². The highest BCUT2D eigenvalue weighted by molar-refractivity contribution is 14.1. The second-order valence-corrected chi connectivity index (χ2v) is 9.42. The Morgan fingerprint density at radius 3 is 2.54 bits per heavy atom. The summed E-state index contributed by atoms with van der Waals surface area (Å²) in [6.07, 6.45) is -0.336. The lowest BCUT2D eigenvalue weighted by atomic mass is 10.2. The monoisotopic (exact) mass is 538 g/mol. The van der Waals surface area contributed by atoms with Crippen molar-refractivity contribution < 1.29 is 19.1 Å². The third kappa shape index (κ3) is 6.29. The van der Waals surface area contributed by atoms with Gasteiger partial charge in [0, 0.05) is 33.7 Å². The summed E-state index contributed by atoms with van der Waals surface area (Å²) in [4.78, 5) is 28.1. The summed E-state index contributed by atoms with van der Waals surface area (Å²) in [7, 11) is 0. The molecule has 0 saturated carbocycles. The zero-order valence-corrected chi connectivity index (χ0v) is 19.2. The van der Waals surface area contributed by atoms with Crippen molar-refractivity contribution in [1.29, 1.82) is 0 Å². The summed E-state index contributed by atoms with van der Waals surface area (Å²) in [5.41, 5.74) is -0.529. The molecule has 1 aromatic rings. The number of amides is 2. The lowest BCUT2D eigenvalue weighted by molar-refractivity contribution is -0.136. The summed E-state index contributed by atoms with van der Waals surface area (Å²) >= 11 is 5.61. The molecule has 0 spiro atoms. The van der Waals surface area contributed by atoms with E-state index >= 15 is 0 Å². The molecular formula is C18H24BrIN2O4. The number of halogens is 2. The second kappa shape index (κ2) is 8.77. The van der Waals surface area contributed by atoms with Crippen LogP contribution in [0.5, 0.6) is 5.75 Å². The van der Waals surface area contributed by atoms with Crippen LogP contribution in [0.25, 0.3) is 0 Å². The Hall–Kier alpha value is -1.03. The number of nitrogens with zero attached hydrogens (tertiary/aromatic N) is 2. The predicted octanol–water partition coefficient (Wildman–Crippen LogP) is 3.90. The highest BCUT2D eigenvalue weighted by Gasteiger charge is 2.32. The lowest BCUT2D eigenvalue weighted by Crippen LogP contribution is -2.56. The number of piperazine rings is 1. The van der Waals surface area contributed by atoms with E-state index in [2.05, 4.69) is 38.5 Å². The molecule has 1 atom stereocenters. The third-order valence-corrected chi connectivity index (χ3v) is 4.89. The number of ether oxygens (including phenoxy) is 2. The van der Waals surface area contributed by atoms with Gasteiger partial charge in [-0.2, -0.15) is 0 Å². The number of carbonyl (C=O) groups excluding carboxylic acids is 2. The summed E-state index contributed by atoms with van der Waals surface area (Å²) in [6, 6.07) is 5.57. The standard InChI is InChI=1S/C18H24BrIN2O4/c1-12-10-21(5-6-22(12)17(24)26-18(2,3)4)16(23)11-25-15-8-13(19)7-14(20)9-15/h7-9,12H,5-6,10-11H2,1-4H3/t12-/m0/s1. The minimum atomic E-state index is -0.529. The molecule has 1 fully saturated rings. The van der Waals surface area contributed by atoms with Crippen LogP contribution in [0.2, 0.25) is 0 Å². The van der Waals surface area contributed by atoms with Crippen LogP contribution in [-0.4, -0.2) is 59.7 Å². The number of rotatable bonds is 3. The number of carbonyl (C=O) groups is 2. The maximum Gasteiger partial charge on any atom is 0.410 e. The van der Waals surface area contributed by atoms with Gasteiger partial charge < -0.3 is 19.3 Å². The van der Waals surface area contributed by atoms with E-state index in [9.17, 15) is 9.59 Å². The van der Waals surface area contributed by atoms with Crippen LogP contribution >= 0.6 is 38.5 Å². The van der Waals surface area contributed by atoms with Crippen LogP contribution in [0.3, 0.4) is 0 Å². The molecule has 8 heteroatoms. The molecule has 0 radical (unpaired) electrons. The summed E-state index contributed by atoms with van der Waals surface area (Å²) in [5, 5.41) is 0. The molecule has 2 rings (SSSR count). The van der Waals surface area contributed by atoms with E-state index in [1.165, 1.54) is 0 Å². The Balaban J connectivity index is 1.87. The number of hydrogen-bond donors (Lipinski definition) is 0. The maximum absolute atomic E-state index is 12.4. The molecule has 1 saturated heterocycles. The Morgan fingerprint density at radius 2 is 1.96 bits per heavy atom. The average Bonchev–Trinajstić information content (AvgIpc) is 2.49. The number of hydrogen-bond acceptors (Lipinski definition) is 4. The van der Waals surface area contributed by atoms with Crippen molar-refractivity contribution in [2.75, 3.05) is 26.2 Å². The molecule has 6 nitrogen and oxygen atoms in total. The fourth-order valence-corrected chi connectivity index (χ4v) is 4.17. The Bertz CT molecular complexity index is 657. The topological polar surface area (TPSA) is 59.1 Å². The molecular weight excluding hydrogens is 515 g/mol. The molecule has 1 heterocycles. The fraction of sp³-hybridized carbons (Fsp3) is 0.556. The molecule has 0 aromatic heterocycles. The Labute approximate surface area is 176 Å². The van der Waals surface area contributed by atoms with Gasteiger partial charge in [0.05, 0.1) is 0 Å². The largest absolute Gasteiger partial charge is 0.484 e. The van der Waals surface area contributed by atoms with Gasteiger partial charge in [-0.3, -0.25) is 4.79 Å². The highest BCUT2D eigenvalue weighted by atomic mass is 127. The average molecular weight is 539 g/mol. The third-order valence-electron chi connectivity index (χ3n) is 3.81. The van der Waals surface area contributed by atoms with Gasteiger partial charge in [-0.15, -0.1) is 0 Å². The van der Waals surface area contributed by atoms with Gasteiger partial charge in [0.2, 0.25) is 0 Å². The van der Waals surface area contributed by atoms with E-state index < -0.39 is 5.60 Å². The summed E-state index contributed by atoms with van der Waals surface area (Å²) in [6.45, 7) is 8.82. The highest BCUT2D eigenvalue weighted by Crippen LogP contribution is 2.23. The molecule has 1 aliphatic heterocycles.